The van der Waals surface area contributed by atoms with Gasteiger partial charge >= 0.3 is 12.0 Å². The summed E-state index contributed by atoms with van der Waals surface area (Å²) in [6.07, 6.45) is 3.70. The molecule has 102 valence electrons. The van der Waals surface area contributed by atoms with Crippen LogP contribution in [0.5, 0.6) is 0 Å². The number of amides is 2. The minimum absolute atomic E-state index is 0.0162. The van der Waals surface area contributed by atoms with Gasteiger partial charge in [-0.05, 0) is 24.7 Å². The Morgan fingerprint density at radius 1 is 1.33 bits per heavy atom. The van der Waals surface area contributed by atoms with Crippen molar-refractivity contribution in [2.75, 3.05) is 26.7 Å². The maximum atomic E-state index is 12.2. The Hall–Kier alpha value is -1.26. The van der Waals surface area contributed by atoms with Crippen molar-refractivity contribution in [2.24, 2.45) is 17.8 Å². The van der Waals surface area contributed by atoms with Gasteiger partial charge in [-0.3, -0.25) is 4.79 Å². The van der Waals surface area contributed by atoms with Crippen molar-refractivity contribution in [3.8, 4) is 0 Å². The highest BCUT2D eigenvalue weighted by Gasteiger charge is 2.38. The minimum atomic E-state index is -0.792. The molecule has 0 radical (unpaired) electrons. The monoisotopic (exact) mass is 254 g/mol. The van der Waals surface area contributed by atoms with E-state index in [-0.39, 0.29) is 11.9 Å². The summed E-state index contributed by atoms with van der Waals surface area (Å²) in [4.78, 5) is 26.7. The molecule has 1 saturated carbocycles. The summed E-state index contributed by atoms with van der Waals surface area (Å²) in [6, 6.07) is -0.0162. The molecule has 2 fully saturated rings. The number of likely N-dealkylation sites (tertiary alicyclic amines) is 1. The molecule has 5 nitrogen and oxygen atoms in total. The van der Waals surface area contributed by atoms with Gasteiger partial charge in [-0.1, -0.05) is 13.3 Å². The van der Waals surface area contributed by atoms with Crippen molar-refractivity contribution < 1.29 is 14.7 Å². The summed E-state index contributed by atoms with van der Waals surface area (Å²) in [5.74, 6) is -0.511. The Kier molecular flexibility index (Phi) is 3.78. The molecule has 0 aromatic carbocycles. The number of carbonyl (C=O) groups is 2. The summed E-state index contributed by atoms with van der Waals surface area (Å²) in [5, 5.41) is 9.06. The SMILES string of the molecule is C[C@@H]1CN(C(=O)N(C)CC2CCC2)C[C@H]1C(=O)O. The summed E-state index contributed by atoms with van der Waals surface area (Å²) in [5.41, 5.74) is 0. The Labute approximate surface area is 108 Å². The van der Waals surface area contributed by atoms with Gasteiger partial charge in [0.15, 0.2) is 0 Å². The van der Waals surface area contributed by atoms with E-state index in [2.05, 4.69) is 0 Å². The van der Waals surface area contributed by atoms with E-state index < -0.39 is 11.9 Å². The van der Waals surface area contributed by atoms with Crippen molar-refractivity contribution in [2.45, 2.75) is 26.2 Å². The molecule has 5 heteroatoms. The molecule has 1 saturated heterocycles. The number of nitrogens with zero attached hydrogens (tertiary/aromatic N) is 2. The number of hydrogen-bond acceptors (Lipinski definition) is 2. The largest absolute Gasteiger partial charge is 0.481 e. The Morgan fingerprint density at radius 3 is 2.44 bits per heavy atom. The molecule has 1 heterocycles. The van der Waals surface area contributed by atoms with Gasteiger partial charge in [-0.2, -0.15) is 0 Å². The fraction of sp³-hybridized carbons (Fsp3) is 0.846. The van der Waals surface area contributed by atoms with Crippen LogP contribution in [0.1, 0.15) is 26.2 Å². The predicted octanol–water partition coefficient (Wildman–Crippen LogP) is 1.49. The van der Waals surface area contributed by atoms with E-state index in [0.29, 0.717) is 19.0 Å². The first kappa shape index (κ1) is 13.2. The highest BCUT2D eigenvalue weighted by Crippen LogP contribution is 2.28. The lowest BCUT2D eigenvalue weighted by atomic mass is 9.85. The van der Waals surface area contributed by atoms with Crippen molar-refractivity contribution in [1.82, 2.24) is 9.80 Å². The first-order valence-electron chi connectivity index (χ1n) is 6.72. The molecule has 0 bridgehead atoms. The van der Waals surface area contributed by atoms with Crippen molar-refractivity contribution in [1.29, 1.82) is 0 Å². The molecule has 0 aromatic rings. The van der Waals surface area contributed by atoms with Crippen LogP contribution in [0.15, 0.2) is 0 Å². The molecule has 0 spiro atoms. The van der Waals surface area contributed by atoms with Gasteiger partial charge in [-0.15, -0.1) is 0 Å². The summed E-state index contributed by atoms with van der Waals surface area (Å²) >= 11 is 0. The topological polar surface area (TPSA) is 60.9 Å². The zero-order valence-electron chi connectivity index (χ0n) is 11.1. The summed E-state index contributed by atoms with van der Waals surface area (Å²) in [7, 11) is 1.82. The molecular formula is C13H22N2O3. The third-order valence-electron chi connectivity index (χ3n) is 4.28. The van der Waals surface area contributed by atoms with Gasteiger partial charge < -0.3 is 14.9 Å². The molecule has 1 aliphatic carbocycles. The lowest BCUT2D eigenvalue weighted by Crippen LogP contribution is -2.43. The van der Waals surface area contributed by atoms with Crippen LogP contribution in [0.4, 0.5) is 4.79 Å². The van der Waals surface area contributed by atoms with E-state index in [0.717, 1.165) is 6.54 Å². The molecule has 2 rings (SSSR count). The Morgan fingerprint density at radius 2 is 2.00 bits per heavy atom. The third-order valence-corrected chi connectivity index (χ3v) is 4.28. The van der Waals surface area contributed by atoms with E-state index in [9.17, 15) is 9.59 Å². The number of carboxylic acids is 1. The number of urea groups is 1. The summed E-state index contributed by atoms with van der Waals surface area (Å²) in [6.45, 7) is 3.62. The number of carbonyl (C=O) groups excluding carboxylic acids is 1. The van der Waals surface area contributed by atoms with E-state index >= 15 is 0 Å². The minimum Gasteiger partial charge on any atom is -0.481 e. The highest BCUT2D eigenvalue weighted by molar-refractivity contribution is 5.77. The standard InChI is InChI=1S/C13H22N2O3/c1-9-6-15(8-11(9)12(16)17)13(18)14(2)7-10-4-3-5-10/h9-11H,3-8H2,1-2H3,(H,16,17)/t9-,11-/m1/s1. The molecule has 0 unspecified atom stereocenters. The maximum absolute atomic E-state index is 12.2. The zero-order valence-corrected chi connectivity index (χ0v) is 11.1. The van der Waals surface area contributed by atoms with Gasteiger partial charge in [0.25, 0.3) is 0 Å². The molecule has 2 aliphatic rings. The van der Waals surface area contributed by atoms with Gasteiger partial charge in [0.2, 0.25) is 0 Å². The molecule has 1 N–H and O–H groups in total. The Bertz CT molecular complexity index is 341. The van der Waals surface area contributed by atoms with Crippen LogP contribution in [-0.2, 0) is 4.79 Å². The van der Waals surface area contributed by atoms with Crippen molar-refractivity contribution in [3.63, 3.8) is 0 Å². The average Bonchev–Trinajstić information content (AvgIpc) is 2.64. The second-order valence-electron chi connectivity index (χ2n) is 5.79. The van der Waals surface area contributed by atoms with Crippen molar-refractivity contribution in [3.05, 3.63) is 0 Å². The van der Waals surface area contributed by atoms with Crippen molar-refractivity contribution >= 4 is 12.0 Å². The van der Waals surface area contributed by atoms with Crippen LogP contribution in [0.25, 0.3) is 0 Å². The van der Waals surface area contributed by atoms with Crippen LogP contribution >= 0.6 is 0 Å². The second-order valence-corrected chi connectivity index (χ2v) is 5.79. The van der Waals surface area contributed by atoms with E-state index in [1.54, 1.807) is 9.80 Å². The first-order valence-corrected chi connectivity index (χ1v) is 6.72. The fourth-order valence-electron chi connectivity index (χ4n) is 2.83. The zero-order chi connectivity index (χ0) is 13.3. The van der Waals surface area contributed by atoms with Gasteiger partial charge in [0, 0.05) is 26.7 Å². The number of carboxylic acid groups (broad SMARTS) is 1. The Balaban J connectivity index is 1.87. The first-order chi connectivity index (χ1) is 8.49. The van der Waals surface area contributed by atoms with Crippen LogP contribution in [0, 0.1) is 17.8 Å². The molecule has 2 atom stereocenters. The van der Waals surface area contributed by atoms with Crippen LogP contribution < -0.4 is 0 Å². The molecular weight excluding hydrogens is 232 g/mol. The second kappa shape index (κ2) is 5.16. The van der Waals surface area contributed by atoms with Crippen LogP contribution in [0.3, 0.4) is 0 Å². The number of hydrogen-bond donors (Lipinski definition) is 1. The number of aliphatic carboxylic acids is 1. The molecule has 0 aromatic heterocycles. The molecule has 18 heavy (non-hydrogen) atoms. The predicted molar refractivity (Wildman–Crippen MR) is 67.2 cm³/mol. The third kappa shape index (κ3) is 2.60. The smallest absolute Gasteiger partial charge is 0.319 e. The van der Waals surface area contributed by atoms with E-state index in [4.69, 9.17) is 5.11 Å². The van der Waals surface area contributed by atoms with Gasteiger partial charge in [0.05, 0.1) is 5.92 Å². The highest BCUT2D eigenvalue weighted by atomic mass is 16.4. The fourth-order valence-corrected chi connectivity index (χ4v) is 2.83. The molecule has 2 amide bonds. The normalized spacial score (nSPS) is 28.0. The maximum Gasteiger partial charge on any atom is 0.319 e. The van der Waals surface area contributed by atoms with Crippen LogP contribution in [0.2, 0.25) is 0 Å². The lowest BCUT2D eigenvalue weighted by molar-refractivity contribution is -0.142. The lowest BCUT2D eigenvalue weighted by Gasteiger charge is -2.32. The van der Waals surface area contributed by atoms with Crippen LogP contribution in [-0.4, -0.2) is 53.6 Å². The average molecular weight is 254 g/mol. The quantitative estimate of drug-likeness (QED) is 0.830. The number of rotatable bonds is 3. The summed E-state index contributed by atoms with van der Waals surface area (Å²) < 4.78 is 0. The van der Waals surface area contributed by atoms with Gasteiger partial charge in [-0.25, -0.2) is 4.79 Å². The molecule has 1 aliphatic heterocycles. The van der Waals surface area contributed by atoms with Gasteiger partial charge in [0.1, 0.15) is 0 Å². The van der Waals surface area contributed by atoms with E-state index in [1.165, 1.54) is 19.3 Å². The van der Waals surface area contributed by atoms with E-state index in [1.807, 2.05) is 14.0 Å².